The van der Waals surface area contributed by atoms with Gasteiger partial charge in [-0.15, -0.1) is 0 Å². The van der Waals surface area contributed by atoms with E-state index in [2.05, 4.69) is 31.4 Å². The maximum absolute atomic E-state index is 13.0. The van der Waals surface area contributed by atoms with Crippen molar-refractivity contribution in [2.45, 2.75) is 65.0 Å². The van der Waals surface area contributed by atoms with Gasteiger partial charge in [0.15, 0.2) is 0 Å². The van der Waals surface area contributed by atoms with Gasteiger partial charge in [0.1, 0.15) is 12.1 Å². The lowest BCUT2D eigenvalue weighted by Crippen LogP contribution is -2.51. The molecule has 1 saturated carbocycles. The predicted octanol–water partition coefficient (Wildman–Crippen LogP) is 3.87. The van der Waals surface area contributed by atoms with Crippen LogP contribution in [0.25, 0.3) is 0 Å². The van der Waals surface area contributed by atoms with Crippen molar-refractivity contribution in [3.05, 3.63) is 34.9 Å². The molecule has 158 valence electrons. The number of urea groups is 1. The fourth-order valence-corrected chi connectivity index (χ4v) is 4.47. The molecule has 1 aliphatic carbocycles. The summed E-state index contributed by atoms with van der Waals surface area (Å²) < 4.78 is 0. The number of benzene rings is 1. The van der Waals surface area contributed by atoms with Gasteiger partial charge in [-0.3, -0.25) is 14.5 Å². The summed E-state index contributed by atoms with van der Waals surface area (Å²) in [5.74, 6) is -0.0854. The molecule has 1 aromatic rings. The summed E-state index contributed by atoms with van der Waals surface area (Å²) >= 11 is 5.86. The summed E-state index contributed by atoms with van der Waals surface area (Å²) in [6.45, 7) is 6.78. The summed E-state index contributed by atoms with van der Waals surface area (Å²) in [6.07, 6.45) is 4.17. The molecule has 2 fully saturated rings. The standard InChI is InChI=1S/C22H30ClN3O3/c1-4-21(2,3)16-9-11-22(12-10-16)19(28)26(20(29)25-22)14-18(27)24-13-15-5-7-17(23)8-6-15/h5-8,16H,4,9-14H2,1-3H3,(H,24,27)(H,25,29). The fourth-order valence-electron chi connectivity index (χ4n) is 4.34. The van der Waals surface area contributed by atoms with Gasteiger partial charge in [0.2, 0.25) is 5.91 Å². The van der Waals surface area contributed by atoms with Gasteiger partial charge in [0.05, 0.1) is 0 Å². The van der Waals surface area contributed by atoms with Gasteiger partial charge in [0, 0.05) is 11.6 Å². The van der Waals surface area contributed by atoms with Crippen molar-refractivity contribution < 1.29 is 14.4 Å². The van der Waals surface area contributed by atoms with Crippen molar-refractivity contribution >= 4 is 29.4 Å². The lowest BCUT2D eigenvalue weighted by molar-refractivity contribution is -0.136. The van der Waals surface area contributed by atoms with Crippen LogP contribution in [0.3, 0.4) is 0 Å². The highest BCUT2D eigenvalue weighted by Gasteiger charge is 2.53. The topological polar surface area (TPSA) is 78.5 Å². The summed E-state index contributed by atoms with van der Waals surface area (Å²) in [5.41, 5.74) is 0.288. The molecule has 0 atom stereocenters. The van der Waals surface area contributed by atoms with E-state index >= 15 is 0 Å². The number of rotatable bonds is 6. The maximum atomic E-state index is 13.0. The molecule has 1 spiro atoms. The quantitative estimate of drug-likeness (QED) is 0.687. The lowest BCUT2D eigenvalue weighted by Gasteiger charge is -2.42. The SMILES string of the molecule is CCC(C)(C)C1CCC2(CC1)NC(=O)N(CC(=O)NCc1ccc(Cl)cc1)C2=O. The van der Waals surface area contributed by atoms with Crippen molar-refractivity contribution in [1.29, 1.82) is 0 Å². The van der Waals surface area contributed by atoms with Crippen LogP contribution in [0.1, 0.15) is 58.4 Å². The van der Waals surface area contributed by atoms with Crippen molar-refractivity contribution in [3.8, 4) is 0 Å². The van der Waals surface area contributed by atoms with Crippen molar-refractivity contribution in [3.63, 3.8) is 0 Å². The Morgan fingerprint density at radius 1 is 1.24 bits per heavy atom. The van der Waals surface area contributed by atoms with Crippen LogP contribution in [0, 0.1) is 11.3 Å². The Labute approximate surface area is 177 Å². The van der Waals surface area contributed by atoms with Crippen LogP contribution in [0.15, 0.2) is 24.3 Å². The molecule has 6 nitrogen and oxygen atoms in total. The molecular weight excluding hydrogens is 390 g/mol. The van der Waals surface area contributed by atoms with Crippen LogP contribution < -0.4 is 10.6 Å². The number of halogens is 1. The average molecular weight is 420 g/mol. The number of carbonyl (C=O) groups is 3. The second-order valence-electron chi connectivity index (χ2n) is 8.92. The van der Waals surface area contributed by atoms with Gasteiger partial charge in [-0.25, -0.2) is 4.79 Å². The molecule has 0 bridgehead atoms. The molecule has 0 aromatic heterocycles. The Morgan fingerprint density at radius 3 is 2.45 bits per heavy atom. The largest absolute Gasteiger partial charge is 0.350 e. The first-order chi connectivity index (χ1) is 13.7. The Balaban J connectivity index is 1.56. The van der Waals surface area contributed by atoms with Gasteiger partial charge in [-0.05, 0) is 54.7 Å². The van der Waals surface area contributed by atoms with E-state index in [0.717, 1.165) is 29.7 Å². The molecule has 2 N–H and O–H groups in total. The van der Waals surface area contributed by atoms with Gasteiger partial charge in [-0.1, -0.05) is 50.9 Å². The fraction of sp³-hybridized carbons (Fsp3) is 0.591. The summed E-state index contributed by atoms with van der Waals surface area (Å²) in [5, 5.41) is 6.27. The minimum atomic E-state index is -0.839. The van der Waals surface area contributed by atoms with Crippen LogP contribution in [-0.4, -0.2) is 34.8 Å². The second-order valence-corrected chi connectivity index (χ2v) is 9.36. The van der Waals surface area contributed by atoms with E-state index in [0.29, 0.717) is 30.3 Å². The number of hydrogen-bond acceptors (Lipinski definition) is 3. The van der Waals surface area contributed by atoms with E-state index in [1.807, 2.05) is 12.1 Å². The van der Waals surface area contributed by atoms with E-state index in [1.165, 1.54) is 0 Å². The molecule has 1 heterocycles. The summed E-state index contributed by atoms with van der Waals surface area (Å²) in [4.78, 5) is 38.8. The molecule has 4 amide bonds. The van der Waals surface area contributed by atoms with Crippen LogP contribution in [0.4, 0.5) is 4.79 Å². The normalized spacial score (nSPS) is 24.7. The maximum Gasteiger partial charge on any atom is 0.325 e. The summed E-state index contributed by atoms with van der Waals surface area (Å²) in [6, 6.07) is 6.68. The highest BCUT2D eigenvalue weighted by molar-refractivity contribution is 6.30. The molecule has 0 radical (unpaired) electrons. The van der Waals surface area contributed by atoms with Crippen LogP contribution in [-0.2, 0) is 16.1 Å². The monoisotopic (exact) mass is 419 g/mol. The van der Waals surface area contributed by atoms with E-state index in [9.17, 15) is 14.4 Å². The average Bonchev–Trinajstić information content (AvgIpc) is 2.92. The Hall–Kier alpha value is -2.08. The third-order valence-electron chi connectivity index (χ3n) is 6.81. The van der Waals surface area contributed by atoms with Gasteiger partial charge in [-0.2, -0.15) is 0 Å². The minimum Gasteiger partial charge on any atom is -0.350 e. The smallest absolute Gasteiger partial charge is 0.325 e. The minimum absolute atomic E-state index is 0.231. The van der Waals surface area contributed by atoms with E-state index in [-0.39, 0.29) is 23.8 Å². The lowest BCUT2D eigenvalue weighted by atomic mass is 9.65. The van der Waals surface area contributed by atoms with Gasteiger partial charge < -0.3 is 10.6 Å². The molecule has 1 aliphatic heterocycles. The Bertz CT molecular complexity index is 783. The molecule has 2 aliphatic rings. The number of imide groups is 1. The number of carbonyl (C=O) groups excluding carboxylic acids is 3. The Morgan fingerprint density at radius 2 is 1.86 bits per heavy atom. The number of amides is 4. The van der Waals surface area contributed by atoms with E-state index in [1.54, 1.807) is 12.1 Å². The highest BCUT2D eigenvalue weighted by Crippen LogP contribution is 2.45. The number of hydrogen-bond donors (Lipinski definition) is 2. The number of nitrogens with one attached hydrogen (secondary N) is 2. The van der Waals surface area contributed by atoms with Crippen molar-refractivity contribution in [1.82, 2.24) is 15.5 Å². The van der Waals surface area contributed by atoms with Crippen LogP contribution >= 0.6 is 11.6 Å². The third-order valence-corrected chi connectivity index (χ3v) is 7.06. The summed E-state index contributed by atoms with van der Waals surface area (Å²) in [7, 11) is 0. The third kappa shape index (κ3) is 4.58. The second kappa shape index (κ2) is 8.34. The zero-order valence-corrected chi connectivity index (χ0v) is 18.1. The first-order valence-electron chi connectivity index (χ1n) is 10.3. The van der Waals surface area contributed by atoms with E-state index < -0.39 is 11.6 Å². The highest BCUT2D eigenvalue weighted by atomic mass is 35.5. The zero-order chi connectivity index (χ0) is 21.2. The first kappa shape index (κ1) is 21.6. The molecule has 3 rings (SSSR count). The van der Waals surface area contributed by atoms with E-state index in [4.69, 9.17) is 11.6 Å². The van der Waals surface area contributed by atoms with Crippen LogP contribution in [0.2, 0.25) is 5.02 Å². The Kier molecular flexibility index (Phi) is 6.22. The van der Waals surface area contributed by atoms with Gasteiger partial charge in [0.25, 0.3) is 5.91 Å². The molecule has 0 unspecified atom stereocenters. The van der Waals surface area contributed by atoms with Crippen molar-refractivity contribution in [2.24, 2.45) is 11.3 Å². The van der Waals surface area contributed by atoms with Crippen molar-refractivity contribution in [2.75, 3.05) is 6.54 Å². The number of nitrogens with zero attached hydrogens (tertiary/aromatic N) is 1. The molecular formula is C22H30ClN3O3. The first-order valence-corrected chi connectivity index (χ1v) is 10.7. The molecule has 1 saturated heterocycles. The molecule has 7 heteroatoms. The van der Waals surface area contributed by atoms with Gasteiger partial charge >= 0.3 is 6.03 Å². The zero-order valence-electron chi connectivity index (χ0n) is 17.4. The molecule has 1 aromatic carbocycles. The van der Waals surface area contributed by atoms with Crippen LogP contribution in [0.5, 0.6) is 0 Å². The molecule has 29 heavy (non-hydrogen) atoms. The predicted molar refractivity (Wildman–Crippen MR) is 112 cm³/mol.